The van der Waals surface area contributed by atoms with Crippen LogP contribution in [0.15, 0.2) is 52.1 Å². The Labute approximate surface area is 177 Å². The van der Waals surface area contributed by atoms with Gasteiger partial charge in [-0.1, -0.05) is 45.8 Å². The van der Waals surface area contributed by atoms with E-state index in [0.717, 1.165) is 26.9 Å². The zero-order chi connectivity index (χ0) is 20.1. The molecule has 0 radical (unpaired) electrons. The molecule has 2 aromatic carbocycles. The fraction of sp³-hybridized carbons (Fsp3) is 0.304. The number of fused-ring (bicyclic) bond motifs is 1. The summed E-state index contributed by atoms with van der Waals surface area (Å²) in [4.78, 5) is 25.7. The van der Waals surface area contributed by atoms with E-state index in [4.69, 9.17) is 9.47 Å². The maximum atomic E-state index is 13.2. The quantitative estimate of drug-likeness (QED) is 0.727. The molecule has 2 atom stereocenters. The molecule has 0 bridgehead atoms. The van der Waals surface area contributed by atoms with Crippen molar-refractivity contribution in [2.75, 3.05) is 6.79 Å². The number of ketones is 1. The predicted molar refractivity (Wildman–Crippen MR) is 111 cm³/mol. The highest BCUT2D eigenvalue weighted by Gasteiger charge is 2.39. The zero-order valence-corrected chi connectivity index (χ0v) is 17.5. The minimum absolute atomic E-state index is 0.0596. The largest absolute Gasteiger partial charge is 0.454 e. The molecule has 0 aromatic heterocycles. The fourth-order valence-electron chi connectivity index (χ4n) is 4.50. The minimum atomic E-state index is -0.283. The number of carbonyl (C=O) groups excluding carboxylic acids is 2. The number of benzene rings is 2. The van der Waals surface area contributed by atoms with Gasteiger partial charge in [-0.2, -0.15) is 0 Å². The third-order valence-electron chi connectivity index (χ3n) is 5.95. The number of ether oxygens (including phenoxy) is 2. The Bertz CT molecular complexity index is 1060. The van der Waals surface area contributed by atoms with E-state index < -0.39 is 0 Å². The number of rotatable bonds is 2. The molecule has 0 saturated carbocycles. The standard InChI is InChI=1S/C23H20BrNO4/c1-12-2-4-13(5-3-12)14-6-18-23(19(26)7-14)16(9-22(27)25-18)15-8-20-21(10-17(15)24)29-11-28-20/h2-5,8,10,14,16H,6-7,9,11H2,1H3,(H,25,27)/t14-,16+/m0/s1. The van der Waals surface area contributed by atoms with Gasteiger partial charge < -0.3 is 14.8 Å². The van der Waals surface area contributed by atoms with Crippen LogP contribution in [0.2, 0.25) is 0 Å². The number of Topliss-reactive ketones (excluding diaryl/α,β-unsaturated/α-hetero) is 1. The summed E-state index contributed by atoms with van der Waals surface area (Å²) in [6, 6.07) is 12.0. The molecule has 1 amide bonds. The summed E-state index contributed by atoms with van der Waals surface area (Å²) in [6.45, 7) is 2.23. The van der Waals surface area contributed by atoms with Crippen molar-refractivity contribution in [1.29, 1.82) is 0 Å². The van der Waals surface area contributed by atoms with Crippen molar-refractivity contribution in [3.05, 3.63) is 68.8 Å². The molecule has 2 heterocycles. The Morgan fingerprint density at radius 2 is 1.72 bits per heavy atom. The van der Waals surface area contributed by atoms with Crippen LogP contribution in [-0.4, -0.2) is 18.5 Å². The van der Waals surface area contributed by atoms with Crippen LogP contribution >= 0.6 is 15.9 Å². The van der Waals surface area contributed by atoms with Crippen molar-refractivity contribution in [2.45, 2.75) is 38.0 Å². The van der Waals surface area contributed by atoms with Crippen LogP contribution in [0, 0.1) is 6.92 Å². The number of nitrogens with one attached hydrogen (secondary N) is 1. The van der Waals surface area contributed by atoms with Gasteiger partial charge in [0, 0.05) is 34.5 Å². The van der Waals surface area contributed by atoms with Crippen molar-refractivity contribution >= 4 is 27.6 Å². The van der Waals surface area contributed by atoms with Crippen LogP contribution < -0.4 is 14.8 Å². The van der Waals surface area contributed by atoms with Gasteiger partial charge in [-0.05, 0) is 42.5 Å². The Kier molecular flexibility index (Phi) is 4.46. The first-order valence-corrected chi connectivity index (χ1v) is 10.5. The van der Waals surface area contributed by atoms with Gasteiger partial charge in [-0.3, -0.25) is 9.59 Å². The number of hydrogen-bond acceptors (Lipinski definition) is 4. The van der Waals surface area contributed by atoms with E-state index in [1.807, 2.05) is 19.1 Å². The van der Waals surface area contributed by atoms with E-state index in [1.165, 1.54) is 5.56 Å². The first-order chi connectivity index (χ1) is 14.0. The predicted octanol–water partition coefficient (Wildman–Crippen LogP) is 4.49. The van der Waals surface area contributed by atoms with Crippen LogP contribution in [0.3, 0.4) is 0 Å². The van der Waals surface area contributed by atoms with Gasteiger partial charge in [0.2, 0.25) is 12.7 Å². The van der Waals surface area contributed by atoms with Gasteiger partial charge in [0.1, 0.15) is 0 Å². The van der Waals surface area contributed by atoms with Crippen molar-refractivity contribution in [2.24, 2.45) is 0 Å². The molecule has 148 valence electrons. The molecule has 2 aromatic rings. The molecule has 0 fully saturated rings. The summed E-state index contributed by atoms with van der Waals surface area (Å²) in [6.07, 6.45) is 1.36. The summed E-state index contributed by atoms with van der Waals surface area (Å²) in [5, 5.41) is 2.98. The van der Waals surface area contributed by atoms with Gasteiger partial charge in [-0.25, -0.2) is 0 Å². The highest BCUT2D eigenvalue weighted by Crippen LogP contribution is 2.47. The average Bonchev–Trinajstić information content (AvgIpc) is 3.14. The number of allylic oxidation sites excluding steroid dienone is 2. The molecule has 3 aliphatic rings. The molecule has 0 unspecified atom stereocenters. The molecule has 29 heavy (non-hydrogen) atoms. The Hall–Kier alpha value is -2.60. The van der Waals surface area contributed by atoms with Crippen LogP contribution in [0.5, 0.6) is 11.5 Å². The second-order valence-electron chi connectivity index (χ2n) is 7.86. The molecule has 6 heteroatoms. The minimum Gasteiger partial charge on any atom is -0.454 e. The molecule has 5 nitrogen and oxygen atoms in total. The lowest BCUT2D eigenvalue weighted by Gasteiger charge is -2.35. The van der Waals surface area contributed by atoms with E-state index in [1.54, 1.807) is 0 Å². The number of amides is 1. The van der Waals surface area contributed by atoms with Crippen LogP contribution in [0.1, 0.15) is 47.8 Å². The maximum Gasteiger partial charge on any atom is 0.231 e. The van der Waals surface area contributed by atoms with Crippen LogP contribution in [-0.2, 0) is 9.59 Å². The van der Waals surface area contributed by atoms with Crippen molar-refractivity contribution < 1.29 is 19.1 Å². The molecule has 5 rings (SSSR count). The molecular formula is C23H20BrNO4. The number of hydrogen-bond donors (Lipinski definition) is 1. The van der Waals surface area contributed by atoms with E-state index >= 15 is 0 Å². The highest BCUT2D eigenvalue weighted by molar-refractivity contribution is 9.10. The second-order valence-corrected chi connectivity index (χ2v) is 8.72. The van der Waals surface area contributed by atoms with Crippen molar-refractivity contribution in [3.63, 3.8) is 0 Å². The number of carbonyl (C=O) groups is 2. The van der Waals surface area contributed by atoms with Gasteiger partial charge in [0.05, 0.1) is 0 Å². The molecule has 1 N–H and O–H groups in total. The van der Waals surface area contributed by atoms with E-state index in [2.05, 4.69) is 45.5 Å². The molecule has 1 aliphatic carbocycles. The maximum absolute atomic E-state index is 13.2. The van der Waals surface area contributed by atoms with Gasteiger partial charge in [-0.15, -0.1) is 0 Å². The lowest BCUT2D eigenvalue weighted by Crippen LogP contribution is -2.38. The van der Waals surface area contributed by atoms with E-state index in [-0.39, 0.29) is 36.7 Å². The average molecular weight is 454 g/mol. The summed E-state index contributed by atoms with van der Waals surface area (Å²) < 4.78 is 11.8. The van der Waals surface area contributed by atoms with Gasteiger partial charge in [0.15, 0.2) is 17.3 Å². The Balaban J connectivity index is 1.54. The van der Waals surface area contributed by atoms with Gasteiger partial charge in [0.25, 0.3) is 0 Å². The fourth-order valence-corrected chi connectivity index (χ4v) is 5.10. The zero-order valence-electron chi connectivity index (χ0n) is 16.0. The van der Waals surface area contributed by atoms with Crippen LogP contribution in [0.25, 0.3) is 0 Å². The number of halogens is 1. The lowest BCUT2D eigenvalue weighted by molar-refractivity contribution is -0.122. The summed E-state index contributed by atoms with van der Waals surface area (Å²) in [5.74, 6) is 1.17. The monoisotopic (exact) mass is 453 g/mol. The normalized spacial score (nSPS) is 23.1. The summed E-state index contributed by atoms with van der Waals surface area (Å²) in [7, 11) is 0. The molecular weight excluding hydrogens is 434 g/mol. The van der Waals surface area contributed by atoms with Crippen LogP contribution in [0.4, 0.5) is 0 Å². The molecule has 0 saturated heterocycles. The SMILES string of the molecule is Cc1ccc([C@@H]2CC(=O)C3=C(C2)NC(=O)C[C@@H]3c2cc3c(cc2Br)OCO3)cc1. The highest BCUT2D eigenvalue weighted by atomic mass is 79.9. The topological polar surface area (TPSA) is 64.6 Å². The Morgan fingerprint density at radius 1 is 1.00 bits per heavy atom. The summed E-state index contributed by atoms with van der Waals surface area (Å²) >= 11 is 3.60. The van der Waals surface area contributed by atoms with Gasteiger partial charge >= 0.3 is 0 Å². The summed E-state index contributed by atoms with van der Waals surface area (Å²) in [5.41, 5.74) is 4.70. The van der Waals surface area contributed by atoms with Crippen molar-refractivity contribution in [1.82, 2.24) is 5.32 Å². The van der Waals surface area contributed by atoms with Crippen molar-refractivity contribution in [3.8, 4) is 11.5 Å². The van der Waals surface area contributed by atoms with E-state index in [9.17, 15) is 9.59 Å². The first-order valence-electron chi connectivity index (χ1n) is 9.71. The second kappa shape index (κ2) is 7.02. The molecule has 2 aliphatic heterocycles. The Morgan fingerprint density at radius 3 is 2.48 bits per heavy atom. The third-order valence-corrected chi connectivity index (χ3v) is 6.64. The lowest BCUT2D eigenvalue weighted by atomic mass is 9.73. The molecule has 0 spiro atoms. The first kappa shape index (κ1) is 18.4. The van der Waals surface area contributed by atoms with E-state index in [0.29, 0.717) is 24.3 Å². The third kappa shape index (κ3) is 3.25. The smallest absolute Gasteiger partial charge is 0.231 e. The number of aryl methyl sites for hydroxylation is 1.